The van der Waals surface area contributed by atoms with Crippen LogP contribution in [0.2, 0.25) is 0 Å². The SMILES string of the molecule is O=C1C(O)=C(c2ccccc2)[C@@H](c2ccccc2F)N1CCc1ccccc1. The van der Waals surface area contributed by atoms with Crippen LogP contribution in [0, 0.1) is 5.82 Å². The predicted molar refractivity (Wildman–Crippen MR) is 107 cm³/mol. The maximum absolute atomic E-state index is 14.7. The zero-order valence-corrected chi connectivity index (χ0v) is 15.3. The minimum absolute atomic E-state index is 0.312. The number of nitrogens with zero attached hydrogens (tertiary/aromatic N) is 1. The van der Waals surface area contributed by atoms with Gasteiger partial charge in [0.15, 0.2) is 5.76 Å². The molecular weight excluding hydrogens is 353 g/mol. The second-order valence-corrected chi connectivity index (χ2v) is 6.79. The fraction of sp³-hybridized carbons (Fsp3) is 0.125. The summed E-state index contributed by atoms with van der Waals surface area (Å²) in [7, 11) is 0. The van der Waals surface area contributed by atoms with E-state index in [1.807, 2.05) is 60.7 Å². The lowest BCUT2D eigenvalue weighted by Gasteiger charge is -2.27. The average molecular weight is 373 g/mol. The first-order valence-electron chi connectivity index (χ1n) is 9.24. The maximum atomic E-state index is 14.7. The summed E-state index contributed by atoms with van der Waals surface area (Å²) in [5.41, 5.74) is 2.62. The molecule has 140 valence electrons. The molecule has 3 nitrogen and oxygen atoms in total. The summed E-state index contributed by atoms with van der Waals surface area (Å²) in [6, 6.07) is 24.8. The van der Waals surface area contributed by atoms with E-state index in [4.69, 9.17) is 0 Å². The molecule has 1 aliphatic heterocycles. The molecule has 3 aromatic rings. The summed E-state index contributed by atoms with van der Waals surface area (Å²) in [4.78, 5) is 14.5. The van der Waals surface area contributed by atoms with Gasteiger partial charge in [-0.25, -0.2) is 4.39 Å². The molecule has 1 N–H and O–H groups in total. The zero-order chi connectivity index (χ0) is 19.5. The van der Waals surface area contributed by atoms with Gasteiger partial charge in [-0.1, -0.05) is 78.9 Å². The van der Waals surface area contributed by atoms with Crippen LogP contribution >= 0.6 is 0 Å². The molecule has 0 fully saturated rings. The van der Waals surface area contributed by atoms with E-state index in [-0.39, 0.29) is 5.76 Å². The third kappa shape index (κ3) is 3.29. The number of carbonyl (C=O) groups is 1. The van der Waals surface area contributed by atoms with E-state index < -0.39 is 17.8 Å². The number of amides is 1. The third-order valence-corrected chi connectivity index (χ3v) is 5.07. The Morgan fingerprint density at radius 1 is 0.857 bits per heavy atom. The van der Waals surface area contributed by atoms with Gasteiger partial charge in [0.25, 0.3) is 5.91 Å². The first-order chi connectivity index (χ1) is 13.7. The van der Waals surface area contributed by atoms with Crippen molar-refractivity contribution in [3.63, 3.8) is 0 Å². The third-order valence-electron chi connectivity index (χ3n) is 5.07. The molecular formula is C24H20FNO2. The summed E-state index contributed by atoms with van der Waals surface area (Å²) < 4.78 is 14.7. The molecule has 28 heavy (non-hydrogen) atoms. The Bertz CT molecular complexity index is 1020. The van der Waals surface area contributed by atoms with Crippen molar-refractivity contribution in [2.75, 3.05) is 6.54 Å². The van der Waals surface area contributed by atoms with Crippen LogP contribution in [-0.2, 0) is 11.2 Å². The largest absolute Gasteiger partial charge is 0.503 e. The van der Waals surface area contributed by atoms with Gasteiger partial charge in [0, 0.05) is 17.7 Å². The second kappa shape index (κ2) is 7.69. The molecule has 0 aliphatic carbocycles. The molecule has 1 heterocycles. The molecule has 1 atom stereocenters. The van der Waals surface area contributed by atoms with Crippen molar-refractivity contribution < 1.29 is 14.3 Å². The standard InChI is InChI=1S/C24H20FNO2/c25-20-14-8-7-13-19(20)22-21(18-11-5-2-6-12-18)23(27)24(28)26(22)16-15-17-9-3-1-4-10-17/h1-14,22,27H,15-16H2/t22-/m1/s1. The highest BCUT2D eigenvalue weighted by Crippen LogP contribution is 2.43. The minimum Gasteiger partial charge on any atom is -0.503 e. The fourth-order valence-electron chi connectivity index (χ4n) is 3.71. The highest BCUT2D eigenvalue weighted by atomic mass is 19.1. The summed E-state index contributed by atoms with van der Waals surface area (Å²) >= 11 is 0. The molecule has 4 rings (SSSR count). The van der Waals surface area contributed by atoms with Gasteiger partial charge in [-0.3, -0.25) is 4.79 Å². The van der Waals surface area contributed by atoms with Crippen LogP contribution in [-0.4, -0.2) is 22.5 Å². The lowest BCUT2D eigenvalue weighted by molar-refractivity contribution is -0.129. The van der Waals surface area contributed by atoms with E-state index in [0.717, 1.165) is 5.56 Å². The van der Waals surface area contributed by atoms with Crippen LogP contribution < -0.4 is 0 Å². The second-order valence-electron chi connectivity index (χ2n) is 6.79. The number of aliphatic hydroxyl groups is 1. The Kier molecular flexibility index (Phi) is 4.94. The highest BCUT2D eigenvalue weighted by Gasteiger charge is 2.41. The van der Waals surface area contributed by atoms with Crippen molar-refractivity contribution in [2.24, 2.45) is 0 Å². The Morgan fingerprint density at radius 2 is 1.46 bits per heavy atom. The van der Waals surface area contributed by atoms with Gasteiger partial charge in [-0.15, -0.1) is 0 Å². The predicted octanol–water partition coefficient (Wildman–Crippen LogP) is 4.92. The number of hydrogen-bond donors (Lipinski definition) is 1. The van der Waals surface area contributed by atoms with Crippen molar-refractivity contribution in [3.8, 4) is 0 Å². The summed E-state index contributed by atoms with van der Waals surface area (Å²) in [5, 5.41) is 10.7. The van der Waals surface area contributed by atoms with E-state index in [1.165, 1.54) is 6.07 Å². The Hall–Kier alpha value is -3.40. The first kappa shape index (κ1) is 18.0. The molecule has 1 amide bonds. The first-order valence-corrected chi connectivity index (χ1v) is 9.24. The van der Waals surface area contributed by atoms with Crippen molar-refractivity contribution in [2.45, 2.75) is 12.5 Å². The van der Waals surface area contributed by atoms with Crippen molar-refractivity contribution >= 4 is 11.5 Å². The number of hydrogen-bond acceptors (Lipinski definition) is 2. The molecule has 0 saturated carbocycles. The topological polar surface area (TPSA) is 40.5 Å². The smallest absolute Gasteiger partial charge is 0.289 e. The quantitative estimate of drug-likeness (QED) is 0.690. The molecule has 0 saturated heterocycles. The summed E-state index contributed by atoms with van der Waals surface area (Å²) in [5.74, 6) is -1.18. The van der Waals surface area contributed by atoms with E-state index >= 15 is 0 Å². The van der Waals surface area contributed by atoms with Crippen LogP contribution in [0.1, 0.15) is 22.7 Å². The summed E-state index contributed by atoms with van der Waals surface area (Å²) in [6.45, 7) is 0.377. The molecule has 4 heteroatoms. The molecule has 1 aliphatic rings. The maximum Gasteiger partial charge on any atom is 0.289 e. The monoisotopic (exact) mass is 373 g/mol. The van der Waals surface area contributed by atoms with Gasteiger partial charge in [-0.2, -0.15) is 0 Å². The lowest BCUT2D eigenvalue weighted by Crippen LogP contribution is -2.32. The Labute approximate surface area is 163 Å². The molecule has 0 radical (unpaired) electrons. The van der Waals surface area contributed by atoms with Crippen molar-refractivity contribution in [1.82, 2.24) is 4.90 Å². The molecule has 0 bridgehead atoms. The normalized spacial score (nSPS) is 16.7. The number of aliphatic hydroxyl groups excluding tert-OH is 1. The molecule has 0 aromatic heterocycles. The number of halogens is 1. The average Bonchev–Trinajstić information content (AvgIpc) is 2.98. The molecule has 0 spiro atoms. The van der Waals surface area contributed by atoms with Crippen molar-refractivity contribution in [3.05, 3.63) is 113 Å². The van der Waals surface area contributed by atoms with E-state index in [0.29, 0.717) is 29.7 Å². The van der Waals surface area contributed by atoms with Crippen LogP contribution in [0.15, 0.2) is 90.7 Å². The van der Waals surface area contributed by atoms with Gasteiger partial charge < -0.3 is 10.0 Å². The molecule has 3 aromatic carbocycles. The zero-order valence-electron chi connectivity index (χ0n) is 15.3. The van der Waals surface area contributed by atoms with E-state index in [9.17, 15) is 14.3 Å². The van der Waals surface area contributed by atoms with Crippen LogP contribution in [0.4, 0.5) is 4.39 Å². The van der Waals surface area contributed by atoms with Crippen molar-refractivity contribution in [1.29, 1.82) is 0 Å². The van der Waals surface area contributed by atoms with Crippen LogP contribution in [0.25, 0.3) is 5.57 Å². The van der Waals surface area contributed by atoms with Gasteiger partial charge in [0.2, 0.25) is 0 Å². The lowest BCUT2D eigenvalue weighted by atomic mass is 9.93. The van der Waals surface area contributed by atoms with Gasteiger partial charge in [-0.05, 0) is 23.6 Å². The van der Waals surface area contributed by atoms with Crippen LogP contribution in [0.5, 0.6) is 0 Å². The number of rotatable bonds is 5. The fourth-order valence-corrected chi connectivity index (χ4v) is 3.71. The molecule has 0 unspecified atom stereocenters. The van der Waals surface area contributed by atoms with Gasteiger partial charge >= 0.3 is 0 Å². The number of carbonyl (C=O) groups excluding carboxylic acids is 1. The van der Waals surface area contributed by atoms with Gasteiger partial charge in [0.05, 0.1) is 6.04 Å². The minimum atomic E-state index is -0.667. The highest BCUT2D eigenvalue weighted by molar-refractivity contribution is 6.05. The van der Waals surface area contributed by atoms with Gasteiger partial charge in [0.1, 0.15) is 5.82 Å². The van der Waals surface area contributed by atoms with Crippen LogP contribution in [0.3, 0.4) is 0 Å². The Morgan fingerprint density at radius 3 is 2.14 bits per heavy atom. The summed E-state index contributed by atoms with van der Waals surface area (Å²) in [6.07, 6.45) is 0.618. The van der Waals surface area contributed by atoms with E-state index in [2.05, 4.69) is 0 Å². The number of benzene rings is 3. The Balaban J connectivity index is 1.75. The van der Waals surface area contributed by atoms with E-state index in [1.54, 1.807) is 23.1 Å².